The Labute approximate surface area is 114 Å². The van der Waals surface area contributed by atoms with Crippen LogP contribution in [0, 0.1) is 15.5 Å². The number of hydrogen-bond acceptors (Lipinski definition) is 4. The van der Waals surface area contributed by atoms with Crippen molar-refractivity contribution < 1.29 is 10.0 Å². The van der Waals surface area contributed by atoms with Crippen LogP contribution in [-0.2, 0) is 0 Å². The number of benzene rings is 1. The van der Waals surface area contributed by atoms with Crippen molar-refractivity contribution in [3.05, 3.63) is 32.3 Å². The molecule has 0 radical (unpaired) electrons. The predicted octanol–water partition coefficient (Wildman–Crippen LogP) is 3.09. The molecule has 7 heteroatoms. The van der Waals surface area contributed by atoms with Gasteiger partial charge in [-0.25, -0.2) is 0 Å². The van der Waals surface area contributed by atoms with Gasteiger partial charge in [0.15, 0.2) is 0 Å². The van der Waals surface area contributed by atoms with Gasteiger partial charge in [0.1, 0.15) is 5.69 Å². The maximum atomic E-state index is 10.9. The first-order valence-corrected chi connectivity index (χ1v) is 6.21. The van der Waals surface area contributed by atoms with E-state index in [1.807, 2.05) is 0 Å². The Morgan fingerprint density at radius 2 is 2.00 bits per heavy atom. The molecule has 0 unspecified atom stereocenters. The molecule has 0 aliphatic heterocycles. The number of aliphatic hydroxyl groups excluding tert-OH is 1. The Kier molecular flexibility index (Phi) is 3.66. The molecule has 5 nitrogen and oxygen atoms in total. The number of nitrogens with zero attached hydrogens (tertiary/aromatic N) is 1. The second-order valence-corrected chi connectivity index (χ2v) is 5.37. The molecule has 18 heavy (non-hydrogen) atoms. The summed E-state index contributed by atoms with van der Waals surface area (Å²) in [7, 11) is 0. The fraction of sp³-hybridized carbons (Fsp3) is 0.455. The van der Waals surface area contributed by atoms with Crippen molar-refractivity contribution in [2.45, 2.75) is 12.8 Å². The molecule has 0 bridgehead atoms. The van der Waals surface area contributed by atoms with Gasteiger partial charge < -0.3 is 10.4 Å². The molecule has 1 aromatic rings. The molecule has 2 N–H and O–H groups in total. The fourth-order valence-corrected chi connectivity index (χ4v) is 2.00. The summed E-state index contributed by atoms with van der Waals surface area (Å²) < 4.78 is 0. The second kappa shape index (κ2) is 4.91. The van der Waals surface area contributed by atoms with E-state index in [0.29, 0.717) is 12.2 Å². The number of nitrogens with one attached hydrogen (secondary N) is 1. The topological polar surface area (TPSA) is 75.4 Å². The molecule has 1 fully saturated rings. The largest absolute Gasteiger partial charge is 0.396 e. The monoisotopic (exact) mass is 290 g/mol. The Hall–Kier alpha value is -1.04. The molecule has 1 aliphatic rings. The highest BCUT2D eigenvalue weighted by molar-refractivity contribution is 6.42. The maximum Gasteiger partial charge on any atom is 0.293 e. The summed E-state index contributed by atoms with van der Waals surface area (Å²) in [6.07, 6.45) is 1.84. The van der Waals surface area contributed by atoms with E-state index in [0.717, 1.165) is 12.8 Å². The van der Waals surface area contributed by atoms with Gasteiger partial charge in [-0.1, -0.05) is 23.2 Å². The molecule has 0 heterocycles. The molecule has 98 valence electrons. The number of halogens is 2. The molecule has 1 aliphatic carbocycles. The summed E-state index contributed by atoms with van der Waals surface area (Å²) in [6.45, 7) is 0.567. The van der Waals surface area contributed by atoms with Gasteiger partial charge in [-0.3, -0.25) is 10.1 Å². The highest BCUT2D eigenvalue weighted by atomic mass is 35.5. The van der Waals surface area contributed by atoms with Gasteiger partial charge in [-0.15, -0.1) is 0 Å². The number of nitro benzene ring substituents is 1. The molecule has 1 saturated carbocycles. The molecule has 0 saturated heterocycles. The Balaban J connectivity index is 2.20. The van der Waals surface area contributed by atoms with Crippen molar-refractivity contribution in [1.82, 2.24) is 0 Å². The van der Waals surface area contributed by atoms with Crippen LogP contribution < -0.4 is 5.32 Å². The van der Waals surface area contributed by atoms with Gasteiger partial charge in [-0.2, -0.15) is 0 Å². The first kappa shape index (κ1) is 13.4. The van der Waals surface area contributed by atoms with E-state index in [1.54, 1.807) is 0 Å². The number of rotatable bonds is 5. The van der Waals surface area contributed by atoms with Crippen LogP contribution in [0.2, 0.25) is 10.0 Å². The summed E-state index contributed by atoms with van der Waals surface area (Å²) in [6, 6.07) is 2.67. The summed E-state index contributed by atoms with van der Waals surface area (Å²) >= 11 is 11.6. The van der Waals surface area contributed by atoms with E-state index in [2.05, 4.69) is 5.32 Å². The lowest BCUT2D eigenvalue weighted by Gasteiger charge is -2.14. The normalized spacial score (nSPS) is 16.4. The number of hydrogen-bond donors (Lipinski definition) is 2. The fourth-order valence-electron chi connectivity index (χ4n) is 1.68. The van der Waals surface area contributed by atoms with E-state index < -0.39 is 4.92 Å². The molecule has 0 atom stereocenters. The zero-order valence-corrected chi connectivity index (χ0v) is 11.0. The quantitative estimate of drug-likeness (QED) is 0.645. The zero-order chi connectivity index (χ0) is 13.3. The van der Waals surface area contributed by atoms with Crippen LogP contribution in [0.25, 0.3) is 0 Å². The smallest absolute Gasteiger partial charge is 0.293 e. The number of anilines is 1. The average molecular weight is 291 g/mol. The highest BCUT2D eigenvalue weighted by Crippen LogP contribution is 2.45. The summed E-state index contributed by atoms with van der Waals surface area (Å²) in [5.41, 5.74) is 0.0762. The van der Waals surface area contributed by atoms with Crippen molar-refractivity contribution >= 4 is 34.6 Å². The SMILES string of the molecule is O=[N+]([O-])c1cc(Cl)c(Cl)cc1NCC1(CO)CC1. The minimum absolute atomic E-state index is 0.0785. The van der Waals surface area contributed by atoms with Crippen LogP contribution in [0.3, 0.4) is 0 Å². The van der Waals surface area contributed by atoms with Gasteiger partial charge in [0.25, 0.3) is 5.69 Å². The molecule has 1 aromatic carbocycles. The average Bonchev–Trinajstić information content (AvgIpc) is 3.10. The Morgan fingerprint density at radius 1 is 1.39 bits per heavy atom. The van der Waals surface area contributed by atoms with E-state index in [1.165, 1.54) is 12.1 Å². The van der Waals surface area contributed by atoms with Crippen LogP contribution in [0.1, 0.15) is 12.8 Å². The summed E-state index contributed by atoms with van der Waals surface area (Å²) in [5.74, 6) is 0. The van der Waals surface area contributed by atoms with E-state index >= 15 is 0 Å². The third-order valence-electron chi connectivity index (χ3n) is 3.18. The number of nitro groups is 1. The standard InChI is InChI=1S/C11H12Cl2N2O3/c12-7-3-9(10(15(17)18)4-8(7)13)14-5-11(6-16)1-2-11/h3-4,14,16H,1-2,5-6H2. The Morgan fingerprint density at radius 3 is 2.50 bits per heavy atom. The minimum Gasteiger partial charge on any atom is -0.396 e. The molecule has 2 rings (SSSR count). The zero-order valence-electron chi connectivity index (χ0n) is 9.45. The highest BCUT2D eigenvalue weighted by Gasteiger charge is 2.42. The molecular weight excluding hydrogens is 279 g/mol. The van der Waals surface area contributed by atoms with E-state index in [9.17, 15) is 15.2 Å². The van der Waals surface area contributed by atoms with Crippen molar-refractivity contribution in [3.63, 3.8) is 0 Å². The van der Waals surface area contributed by atoms with Gasteiger partial charge in [0.2, 0.25) is 0 Å². The third kappa shape index (κ3) is 2.68. The van der Waals surface area contributed by atoms with E-state index in [-0.39, 0.29) is 27.8 Å². The van der Waals surface area contributed by atoms with Crippen LogP contribution in [-0.4, -0.2) is 23.2 Å². The van der Waals surface area contributed by atoms with Gasteiger partial charge in [0, 0.05) is 18.0 Å². The van der Waals surface area contributed by atoms with Crippen molar-refractivity contribution in [2.24, 2.45) is 5.41 Å². The van der Waals surface area contributed by atoms with Crippen LogP contribution in [0.4, 0.5) is 11.4 Å². The first-order chi connectivity index (χ1) is 8.47. The van der Waals surface area contributed by atoms with Crippen molar-refractivity contribution in [3.8, 4) is 0 Å². The Bertz CT molecular complexity index is 489. The predicted molar refractivity (Wildman–Crippen MR) is 70.4 cm³/mol. The van der Waals surface area contributed by atoms with Crippen LogP contribution in [0.5, 0.6) is 0 Å². The van der Waals surface area contributed by atoms with Crippen LogP contribution >= 0.6 is 23.2 Å². The van der Waals surface area contributed by atoms with Gasteiger partial charge >= 0.3 is 0 Å². The third-order valence-corrected chi connectivity index (χ3v) is 3.90. The van der Waals surface area contributed by atoms with Crippen molar-refractivity contribution in [1.29, 1.82) is 0 Å². The van der Waals surface area contributed by atoms with Gasteiger partial charge in [0.05, 0.1) is 21.6 Å². The maximum absolute atomic E-state index is 10.9. The molecule has 0 aromatic heterocycles. The minimum atomic E-state index is -0.511. The number of aliphatic hydroxyl groups is 1. The second-order valence-electron chi connectivity index (χ2n) is 4.55. The first-order valence-electron chi connectivity index (χ1n) is 5.46. The lowest BCUT2D eigenvalue weighted by molar-refractivity contribution is -0.383. The lowest BCUT2D eigenvalue weighted by Crippen LogP contribution is -2.19. The molecule has 0 spiro atoms. The molecule has 0 amide bonds. The summed E-state index contributed by atoms with van der Waals surface area (Å²) in [4.78, 5) is 10.4. The van der Waals surface area contributed by atoms with Crippen LogP contribution in [0.15, 0.2) is 12.1 Å². The van der Waals surface area contributed by atoms with E-state index in [4.69, 9.17) is 23.2 Å². The van der Waals surface area contributed by atoms with Crippen molar-refractivity contribution in [2.75, 3.05) is 18.5 Å². The molecular formula is C11H12Cl2N2O3. The lowest BCUT2D eigenvalue weighted by atomic mass is 10.1. The van der Waals surface area contributed by atoms with Gasteiger partial charge in [-0.05, 0) is 18.9 Å². The summed E-state index contributed by atoms with van der Waals surface area (Å²) in [5, 5.41) is 23.5.